The Morgan fingerprint density at radius 3 is 2.50 bits per heavy atom. The largest absolute Gasteiger partial charge is 0.507 e. The van der Waals surface area contributed by atoms with E-state index in [1.54, 1.807) is 13.0 Å². The van der Waals surface area contributed by atoms with Gasteiger partial charge in [0.2, 0.25) is 0 Å². The summed E-state index contributed by atoms with van der Waals surface area (Å²) < 4.78 is 10.5. The number of rotatable bonds is 5. The van der Waals surface area contributed by atoms with E-state index in [-0.39, 0.29) is 11.3 Å². The predicted molar refractivity (Wildman–Crippen MR) is 106 cm³/mol. The van der Waals surface area contributed by atoms with Crippen molar-refractivity contribution in [3.63, 3.8) is 0 Å². The molecular formula is C21H24N2O5. The van der Waals surface area contributed by atoms with Gasteiger partial charge in [0.15, 0.2) is 6.10 Å². The minimum Gasteiger partial charge on any atom is -0.507 e. The van der Waals surface area contributed by atoms with Gasteiger partial charge >= 0.3 is 5.97 Å². The molecule has 0 radical (unpaired) electrons. The molecule has 28 heavy (non-hydrogen) atoms. The van der Waals surface area contributed by atoms with Crippen LogP contribution in [0.25, 0.3) is 0 Å². The second-order valence-electron chi connectivity index (χ2n) is 6.70. The van der Waals surface area contributed by atoms with Gasteiger partial charge in [0.05, 0.1) is 13.2 Å². The van der Waals surface area contributed by atoms with Gasteiger partial charge in [-0.05, 0) is 50.2 Å². The van der Waals surface area contributed by atoms with Crippen LogP contribution in [0, 0.1) is 6.92 Å². The summed E-state index contributed by atoms with van der Waals surface area (Å²) in [7, 11) is 0. The molecule has 1 fully saturated rings. The van der Waals surface area contributed by atoms with Crippen molar-refractivity contribution in [2.45, 2.75) is 20.0 Å². The third-order valence-corrected chi connectivity index (χ3v) is 4.54. The smallest absolute Gasteiger partial charge is 0.342 e. The van der Waals surface area contributed by atoms with Crippen molar-refractivity contribution in [3.05, 3.63) is 53.6 Å². The lowest BCUT2D eigenvalue weighted by molar-refractivity contribution is -0.123. The van der Waals surface area contributed by atoms with Gasteiger partial charge in [-0.1, -0.05) is 11.6 Å². The number of phenols is 1. The van der Waals surface area contributed by atoms with Gasteiger partial charge in [0.1, 0.15) is 11.3 Å². The number of aryl methyl sites for hydroxylation is 1. The Morgan fingerprint density at radius 1 is 1.14 bits per heavy atom. The van der Waals surface area contributed by atoms with Gasteiger partial charge in [0.25, 0.3) is 5.91 Å². The van der Waals surface area contributed by atoms with E-state index in [2.05, 4.69) is 10.2 Å². The second-order valence-corrected chi connectivity index (χ2v) is 6.70. The molecule has 0 aromatic heterocycles. The van der Waals surface area contributed by atoms with E-state index in [9.17, 15) is 14.7 Å². The molecule has 7 heteroatoms. The Morgan fingerprint density at radius 2 is 1.82 bits per heavy atom. The van der Waals surface area contributed by atoms with E-state index < -0.39 is 18.0 Å². The monoisotopic (exact) mass is 384 g/mol. The fraction of sp³-hybridized carbons (Fsp3) is 0.333. The van der Waals surface area contributed by atoms with Gasteiger partial charge in [-0.25, -0.2) is 4.79 Å². The maximum atomic E-state index is 12.3. The number of benzene rings is 2. The summed E-state index contributed by atoms with van der Waals surface area (Å²) in [6, 6.07) is 12.1. The number of morpholine rings is 1. The molecule has 0 spiro atoms. The summed E-state index contributed by atoms with van der Waals surface area (Å²) in [6.07, 6.45) is -1.01. The normalized spacial score (nSPS) is 15.0. The maximum absolute atomic E-state index is 12.3. The lowest BCUT2D eigenvalue weighted by Crippen LogP contribution is -2.36. The maximum Gasteiger partial charge on any atom is 0.342 e. The molecule has 0 bridgehead atoms. The molecule has 2 aromatic rings. The van der Waals surface area contributed by atoms with E-state index in [1.807, 2.05) is 24.3 Å². The number of phenolic OH excluding ortho intramolecular Hbond substituents is 1. The number of ether oxygens (including phenoxy) is 2. The van der Waals surface area contributed by atoms with Crippen LogP contribution in [0.2, 0.25) is 0 Å². The van der Waals surface area contributed by atoms with Crippen LogP contribution in [0.5, 0.6) is 5.75 Å². The van der Waals surface area contributed by atoms with Gasteiger partial charge in [-0.15, -0.1) is 0 Å². The minimum absolute atomic E-state index is 0.0366. The molecule has 1 aliphatic heterocycles. The van der Waals surface area contributed by atoms with Crippen LogP contribution in [0.15, 0.2) is 42.5 Å². The van der Waals surface area contributed by atoms with Gasteiger partial charge in [0, 0.05) is 24.5 Å². The van der Waals surface area contributed by atoms with Crippen molar-refractivity contribution in [3.8, 4) is 5.75 Å². The summed E-state index contributed by atoms with van der Waals surface area (Å²) in [5.41, 5.74) is 2.52. The quantitative estimate of drug-likeness (QED) is 0.771. The Hall–Kier alpha value is -3.06. The zero-order chi connectivity index (χ0) is 20.1. The number of hydrogen-bond donors (Lipinski definition) is 2. The van der Waals surface area contributed by atoms with Crippen LogP contribution in [0.3, 0.4) is 0 Å². The molecule has 2 N–H and O–H groups in total. The molecule has 1 heterocycles. The van der Waals surface area contributed by atoms with E-state index in [4.69, 9.17) is 9.47 Å². The zero-order valence-electron chi connectivity index (χ0n) is 16.0. The van der Waals surface area contributed by atoms with Crippen LogP contribution >= 0.6 is 0 Å². The number of anilines is 2. The molecule has 7 nitrogen and oxygen atoms in total. The molecule has 0 aliphatic carbocycles. The average molecular weight is 384 g/mol. The average Bonchev–Trinajstić information content (AvgIpc) is 2.71. The van der Waals surface area contributed by atoms with Crippen LogP contribution < -0.4 is 10.2 Å². The summed E-state index contributed by atoms with van der Waals surface area (Å²) >= 11 is 0. The number of nitrogens with zero attached hydrogens (tertiary/aromatic N) is 1. The number of aromatic hydroxyl groups is 1. The third-order valence-electron chi connectivity index (χ3n) is 4.54. The predicted octanol–water partition coefficient (Wildman–Crippen LogP) is 2.72. The molecule has 1 atom stereocenters. The Labute approximate surface area is 163 Å². The number of amides is 1. The van der Waals surface area contributed by atoms with E-state index in [0.29, 0.717) is 18.9 Å². The summed E-state index contributed by atoms with van der Waals surface area (Å²) in [4.78, 5) is 26.8. The van der Waals surface area contributed by atoms with Crippen molar-refractivity contribution in [2.75, 3.05) is 36.5 Å². The summed E-state index contributed by atoms with van der Waals surface area (Å²) in [6.45, 7) is 6.37. The summed E-state index contributed by atoms with van der Waals surface area (Å²) in [5.74, 6) is -1.37. The molecule has 2 aromatic carbocycles. The van der Waals surface area contributed by atoms with Crippen LogP contribution in [-0.2, 0) is 14.3 Å². The van der Waals surface area contributed by atoms with Gasteiger partial charge < -0.3 is 24.8 Å². The van der Waals surface area contributed by atoms with E-state index in [0.717, 1.165) is 24.3 Å². The fourth-order valence-electron chi connectivity index (χ4n) is 2.91. The third kappa shape index (κ3) is 4.80. The molecule has 3 rings (SSSR count). The highest BCUT2D eigenvalue weighted by Crippen LogP contribution is 2.21. The highest BCUT2D eigenvalue weighted by Gasteiger charge is 2.21. The number of nitrogens with one attached hydrogen (secondary N) is 1. The first-order valence-corrected chi connectivity index (χ1v) is 9.18. The first kappa shape index (κ1) is 19.7. The molecule has 0 unspecified atom stereocenters. The molecule has 1 saturated heterocycles. The van der Waals surface area contributed by atoms with Crippen molar-refractivity contribution in [1.82, 2.24) is 0 Å². The number of hydrogen-bond acceptors (Lipinski definition) is 6. The van der Waals surface area contributed by atoms with E-state index >= 15 is 0 Å². The van der Waals surface area contributed by atoms with Crippen LogP contribution in [0.4, 0.5) is 11.4 Å². The summed E-state index contributed by atoms with van der Waals surface area (Å²) in [5, 5.41) is 12.5. The number of esters is 1. The van der Waals surface area contributed by atoms with E-state index in [1.165, 1.54) is 19.1 Å². The minimum atomic E-state index is -1.01. The Kier molecular flexibility index (Phi) is 6.16. The molecule has 1 amide bonds. The van der Waals surface area contributed by atoms with Crippen molar-refractivity contribution >= 4 is 23.3 Å². The zero-order valence-corrected chi connectivity index (χ0v) is 16.0. The van der Waals surface area contributed by atoms with Crippen molar-refractivity contribution in [2.24, 2.45) is 0 Å². The highest BCUT2D eigenvalue weighted by molar-refractivity contribution is 5.98. The fourth-order valence-corrected chi connectivity index (χ4v) is 2.91. The van der Waals surface area contributed by atoms with Gasteiger partial charge in [-0.3, -0.25) is 4.79 Å². The van der Waals surface area contributed by atoms with Gasteiger partial charge in [-0.2, -0.15) is 0 Å². The molecular weight excluding hydrogens is 360 g/mol. The molecule has 0 saturated carbocycles. The standard InChI is InChI=1S/C21H24N2O5/c1-14-3-8-19(24)18(13-14)21(26)28-15(2)20(25)22-16-4-6-17(7-5-16)23-9-11-27-12-10-23/h3-8,13,15,24H,9-12H2,1-2H3,(H,22,25)/t15-/m0/s1. The first-order chi connectivity index (χ1) is 13.4. The second kappa shape index (κ2) is 8.75. The van der Waals surface area contributed by atoms with Crippen molar-refractivity contribution in [1.29, 1.82) is 0 Å². The number of carbonyl (C=O) groups is 2. The highest BCUT2D eigenvalue weighted by atomic mass is 16.5. The Bertz CT molecular complexity index is 844. The number of carbonyl (C=O) groups excluding carboxylic acids is 2. The first-order valence-electron chi connectivity index (χ1n) is 9.18. The lowest BCUT2D eigenvalue weighted by Gasteiger charge is -2.28. The Balaban J connectivity index is 1.57. The van der Waals surface area contributed by atoms with Crippen LogP contribution in [0.1, 0.15) is 22.8 Å². The molecule has 148 valence electrons. The molecule has 1 aliphatic rings. The lowest BCUT2D eigenvalue weighted by atomic mass is 10.1. The topological polar surface area (TPSA) is 88.1 Å². The van der Waals surface area contributed by atoms with Crippen molar-refractivity contribution < 1.29 is 24.2 Å². The van der Waals surface area contributed by atoms with Crippen LogP contribution in [-0.4, -0.2) is 49.4 Å². The SMILES string of the molecule is Cc1ccc(O)c(C(=O)O[C@@H](C)C(=O)Nc2ccc(N3CCOCC3)cc2)c1.